The van der Waals surface area contributed by atoms with E-state index in [1.165, 1.54) is 148 Å². The number of hydrogen-bond donors (Lipinski definition) is 0. The van der Waals surface area contributed by atoms with Crippen LogP contribution in [0.1, 0.15) is 148 Å². The maximum atomic E-state index is 6.11. The maximum Gasteiger partial charge on any atom is 0.0411 e. The third-order valence-corrected chi connectivity index (χ3v) is 16.2. The smallest absolute Gasteiger partial charge is 0.0411 e. The molecule has 8 aliphatic rings. The molecule has 0 aromatic rings. The summed E-state index contributed by atoms with van der Waals surface area (Å²) >= 11 is 0. The normalized spacial score (nSPS) is 48.1. The van der Waals surface area contributed by atoms with Crippen molar-refractivity contribution in [3.63, 3.8) is 0 Å². The summed E-state index contributed by atoms with van der Waals surface area (Å²) in [6.45, 7) is 3.73. The highest BCUT2D eigenvalue weighted by molar-refractivity contribution is 5.12. The van der Waals surface area contributed by atoms with Gasteiger partial charge in [-0.15, -0.1) is 0 Å². The lowest BCUT2D eigenvalue weighted by molar-refractivity contribution is 0.135. The molecular formula is C44H68N2. The molecule has 2 heteroatoms. The van der Waals surface area contributed by atoms with E-state index in [0.29, 0.717) is 12.1 Å². The Bertz CT molecular complexity index is 1090. The van der Waals surface area contributed by atoms with Gasteiger partial charge in [0.25, 0.3) is 0 Å². The fraction of sp³-hybridized carbons (Fsp3) is 0.864. The van der Waals surface area contributed by atoms with Crippen molar-refractivity contribution in [1.82, 2.24) is 9.80 Å². The van der Waals surface area contributed by atoms with Gasteiger partial charge in [-0.25, -0.2) is 0 Å². The molecule has 254 valence electrons. The maximum absolute atomic E-state index is 6.11. The average molecular weight is 625 g/mol. The van der Waals surface area contributed by atoms with Gasteiger partial charge >= 0.3 is 0 Å². The molecule has 0 aromatic carbocycles. The molecule has 0 spiro atoms. The molecule has 0 radical (unpaired) electrons. The van der Waals surface area contributed by atoms with Crippen molar-refractivity contribution in [2.24, 2.45) is 59.2 Å². The highest BCUT2D eigenvalue weighted by Crippen LogP contribution is 2.52. The molecule has 0 N–H and O–H groups in total. The van der Waals surface area contributed by atoms with Crippen molar-refractivity contribution in [3.05, 3.63) is 24.3 Å². The topological polar surface area (TPSA) is 6.48 Å². The minimum Gasteiger partial charge on any atom is -0.326 e. The Morgan fingerprint density at radius 1 is 0.478 bits per heavy atom. The number of hydrogen-bond acceptors (Lipinski definition) is 2. The van der Waals surface area contributed by atoms with Crippen LogP contribution in [0.25, 0.3) is 0 Å². The first-order valence-corrected chi connectivity index (χ1v) is 21.1. The summed E-state index contributed by atoms with van der Waals surface area (Å²) in [5.74, 6) is 9.18. The van der Waals surface area contributed by atoms with Crippen molar-refractivity contribution < 1.29 is 0 Å². The van der Waals surface area contributed by atoms with Crippen LogP contribution in [0.5, 0.6) is 0 Å². The van der Waals surface area contributed by atoms with Gasteiger partial charge in [0, 0.05) is 30.2 Å². The molecule has 10 atom stereocenters. The second kappa shape index (κ2) is 14.3. The standard InChI is InChI=1S/C44H68N2/c1-3-45-41-11-7-5-9-37(41)39-27-21-33(29-43(39)45)15-13-31-17-23-35(24-18-31)36-25-19-32(20-26-36)14-16-34-22-28-40-38-10-6-8-12-42(38)46(4-2)44(40)30-34/h1,13-16,31-44H,4-12,17-30H2,2H3. The van der Waals surface area contributed by atoms with Gasteiger partial charge in [0.1, 0.15) is 0 Å². The van der Waals surface area contributed by atoms with Crippen LogP contribution in [-0.4, -0.2) is 40.5 Å². The van der Waals surface area contributed by atoms with Crippen LogP contribution in [0.4, 0.5) is 0 Å². The molecule has 8 rings (SSSR count). The Kier molecular flexibility index (Phi) is 9.99. The van der Waals surface area contributed by atoms with Gasteiger partial charge < -0.3 is 4.90 Å². The lowest BCUT2D eigenvalue weighted by Crippen LogP contribution is -2.40. The van der Waals surface area contributed by atoms with E-state index in [-0.39, 0.29) is 0 Å². The quantitative estimate of drug-likeness (QED) is 0.214. The Labute approximate surface area is 284 Å². The first-order valence-electron chi connectivity index (χ1n) is 21.1. The van der Waals surface area contributed by atoms with Crippen LogP contribution in [0.3, 0.4) is 0 Å². The molecule has 6 aliphatic carbocycles. The second-order valence-electron chi connectivity index (χ2n) is 18.1. The SMILES string of the molecule is C#CN1C2CCCCC2C2CCC(C=CC3CCC(C4CCC(C=CC5CCC6C7CCCCC7N(CC)C6C5)CC4)CC3)CC21. The van der Waals surface area contributed by atoms with Gasteiger partial charge in [0.2, 0.25) is 0 Å². The second-order valence-corrected chi connectivity index (χ2v) is 18.1. The molecule has 0 aromatic heterocycles. The number of allylic oxidation sites excluding steroid dienone is 4. The van der Waals surface area contributed by atoms with Gasteiger partial charge in [-0.1, -0.05) is 63.3 Å². The van der Waals surface area contributed by atoms with Gasteiger partial charge in [-0.3, -0.25) is 4.90 Å². The van der Waals surface area contributed by atoms with Gasteiger partial charge in [-0.05, 0) is 181 Å². The number of nitrogens with zero attached hydrogens (tertiary/aromatic N) is 2. The van der Waals surface area contributed by atoms with Crippen molar-refractivity contribution in [2.75, 3.05) is 6.54 Å². The zero-order valence-corrected chi connectivity index (χ0v) is 29.6. The molecule has 8 fully saturated rings. The van der Waals surface area contributed by atoms with Crippen LogP contribution in [0.15, 0.2) is 24.3 Å². The minimum absolute atomic E-state index is 0.667. The predicted molar refractivity (Wildman–Crippen MR) is 193 cm³/mol. The van der Waals surface area contributed by atoms with Crippen molar-refractivity contribution in [3.8, 4) is 12.5 Å². The summed E-state index contributed by atoms with van der Waals surface area (Å²) < 4.78 is 0. The number of rotatable bonds is 6. The van der Waals surface area contributed by atoms with E-state index in [1.807, 2.05) is 0 Å². The van der Waals surface area contributed by atoms with Crippen LogP contribution in [-0.2, 0) is 0 Å². The summed E-state index contributed by atoms with van der Waals surface area (Å²) in [4.78, 5) is 5.48. The lowest BCUT2D eigenvalue weighted by atomic mass is 9.68. The molecule has 2 aliphatic heterocycles. The summed E-state index contributed by atoms with van der Waals surface area (Å²) in [5, 5.41) is 0. The van der Waals surface area contributed by atoms with Crippen molar-refractivity contribution in [2.45, 2.75) is 172 Å². The molecule has 2 heterocycles. The average Bonchev–Trinajstić information content (AvgIpc) is 3.61. The molecule has 0 bridgehead atoms. The monoisotopic (exact) mass is 625 g/mol. The first-order chi connectivity index (χ1) is 22.7. The molecule has 0 amide bonds. The fourth-order valence-corrected chi connectivity index (χ4v) is 13.9. The van der Waals surface area contributed by atoms with E-state index in [9.17, 15) is 0 Å². The van der Waals surface area contributed by atoms with Crippen molar-refractivity contribution in [1.29, 1.82) is 0 Å². The number of fused-ring (bicyclic) bond motifs is 6. The summed E-state index contributed by atoms with van der Waals surface area (Å²) in [5.41, 5.74) is 0. The molecular weight excluding hydrogens is 556 g/mol. The molecule has 6 saturated carbocycles. The fourth-order valence-electron chi connectivity index (χ4n) is 13.9. The molecule has 2 saturated heterocycles. The van der Waals surface area contributed by atoms with Gasteiger partial charge in [-0.2, -0.15) is 0 Å². The molecule has 2 nitrogen and oxygen atoms in total. The summed E-state index contributed by atoms with van der Waals surface area (Å²) in [7, 11) is 0. The first kappa shape index (κ1) is 32.0. The number of terminal acetylenes is 1. The molecule has 10 unspecified atom stereocenters. The Balaban J connectivity index is 0.761. The Morgan fingerprint density at radius 2 is 0.913 bits per heavy atom. The van der Waals surface area contributed by atoms with E-state index in [0.717, 1.165) is 71.3 Å². The van der Waals surface area contributed by atoms with Crippen LogP contribution >= 0.6 is 0 Å². The van der Waals surface area contributed by atoms with Gasteiger partial charge in [0.15, 0.2) is 0 Å². The van der Waals surface area contributed by atoms with E-state index in [1.54, 1.807) is 0 Å². The zero-order valence-electron chi connectivity index (χ0n) is 29.6. The minimum atomic E-state index is 0.667. The van der Waals surface area contributed by atoms with E-state index < -0.39 is 0 Å². The van der Waals surface area contributed by atoms with Gasteiger partial charge in [0.05, 0.1) is 0 Å². The summed E-state index contributed by atoms with van der Waals surface area (Å²) in [6, 6.07) is 6.36. The predicted octanol–water partition coefficient (Wildman–Crippen LogP) is 10.6. The van der Waals surface area contributed by atoms with E-state index in [2.05, 4.69) is 47.1 Å². The van der Waals surface area contributed by atoms with Crippen LogP contribution < -0.4 is 0 Å². The highest BCUT2D eigenvalue weighted by Gasteiger charge is 2.51. The van der Waals surface area contributed by atoms with Crippen molar-refractivity contribution >= 4 is 0 Å². The lowest BCUT2D eigenvalue weighted by Gasteiger charge is -2.38. The molecule has 46 heavy (non-hydrogen) atoms. The summed E-state index contributed by atoms with van der Waals surface area (Å²) in [6.07, 6.45) is 48.9. The Hall–Kier alpha value is -1.20. The largest absolute Gasteiger partial charge is 0.326 e. The van der Waals surface area contributed by atoms with E-state index >= 15 is 0 Å². The van der Waals surface area contributed by atoms with E-state index in [4.69, 9.17) is 6.42 Å². The number of likely N-dealkylation sites (tertiary alicyclic amines) is 2. The Morgan fingerprint density at radius 3 is 1.48 bits per heavy atom. The highest BCUT2D eigenvalue weighted by atomic mass is 15.2. The van der Waals surface area contributed by atoms with Crippen LogP contribution in [0.2, 0.25) is 0 Å². The van der Waals surface area contributed by atoms with Crippen LogP contribution in [0, 0.1) is 71.6 Å². The third kappa shape index (κ3) is 6.32. The zero-order chi connectivity index (χ0) is 31.0. The third-order valence-electron chi connectivity index (χ3n) is 16.2.